The minimum absolute atomic E-state index is 0.0719. The number of methoxy groups -OCH3 is 1. The van der Waals surface area contributed by atoms with Gasteiger partial charge in [0.05, 0.1) is 18.7 Å². The van der Waals surface area contributed by atoms with E-state index in [1.807, 2.05) is 13.8 Å². The van der Waals surface area contributed by atoms with Crippen LogP contribution in [0, 0.1) is 22.5 Å². The van der Waals surface area contributed by atoms with E-state index in [4.69, 9.17) is 4.74 Å². The number of aromatic nitrogens is 3. The first-order chi connectivity index (χ1) is 19.6. The third-order valence-corrected chi connectivity index (χ3v) is 7.48. The van der Waals surface area contributed by atoms with Gasteiger partial charge in [0.25, 0.3) is 11.8 Å². The number of ether oxygens (including phenoxy) is 2. The summed E-state index contributed by atoms with van der Waals surface area (Å²) < 4.78 is 75.2. The van der Waals surface area contributed by atoms with Gasteiger partial charge in [-0.3, -0.25) is 14.4 Å². The molecule has 10 nitrogen and oxygen atoms in total. The second-order valence-corrected chi connectivity index (χ2v) is 10.8. The molecule has 2 aromatic heterocycles. The summed E-state index contributed by atoms with van der Waals surface area (Å²) in [6.45, 7) is 3.69. The van der Waals surface area contributed by atoms with Gasteiger partial charge in [0.15, 0.2) is 23.0 Å². The molecule has 2 N–H and O–H groups in total. The van der Waals surface area contributed by atoms with E-state index in [9.17, 15) is 36.3 Å². The zero-order valence-electron chi connectivity index (χ0n) is 22.9. The summed E-state index contributed by atoms with van der Waals surface area (Å²) in [5.41, 5.74) is -1.81. The molecule has 0 atom stereocenters. The van der Waals surface area contributed by atoms with Crippen LogP contribution in [0.5, 0.6) is 5.75 Å². The van der Waals surface area contributed by atoms with Crippen LogP contribution in [-0.2, 0) is 16.1 Å². The molecule has 0 unspecified atom stereocenters. The number of fused-ring (bicyclic) bond motifs is 1. The van der Waals surface area contributed by atoms with E-state index in [-0.39, 0.29) is 41.4 Å². The molecule has 226 valence electrons. The van der Waals surface area contributed by atoms with Gasteiger partial charge in [-0.1, -0.05) is 13.0 Å². The van der Waals surface area contributed by atoms with E-state index in [0.29, 0.717) is 25.7 Å². The van der Waals surface area contributed by atoms with Crippen LogP contribution < -0.4 is 15.4 Å². The number of hydrogen-bond donors (Lipinski definition) is 2. The Labute approximate surface area is 236 Å². The first kappa shape index (κ1) is 30.7. The molecule has 3 aromatic rings. The lowest BCUT2D eigenvalue weighted by Crippen LogP contribution is -2.43. The number of amides is 2. The van der Waals surface area contributed by atoms with Crippen LogP contribution in [-0.4, -0.2) is 52.4 Å². The van der Waals surface area contributed by atoms with Gasteiger partial charge in [0.1, 0.15) is 11.4 Å². The normalized spacial score (nSPS) is 20.7. The fourth-order valence-electron chi connectivity index (χ4n) is 4.76. The molecule has 0 aliphatic heterocycles. The second kappa shape index (κ2) is 11.5. The first-order valence-corrected chi connectivity index (χ1v) is 12.9. The van der Waals surface area contributed by atoms with Gasteiger partial charge in [-0.25, -0.2) is 18.3 Å². The summed E-state index contributed by atoms with van der Waals surface area (Å²) >= 11 is 0. The number of nitrogens with zero attached hydrogens (tertiary/aromatic N) is 3. The average molecular weight is 598 g/mol. The fourth-order valence-corrected chi connectivity index (χ4v) is 4.76. The molecule has 4 rings (SSSR count). The number of rotatable bonds is 8. The molecule has 1 aliphatic carbocycles. The number of nitrogens with one attached hydrogen (secondary N) is 2. The second-order valence-electron chi connectivity index (χ2n) is 10.8. The van der Waals surface area contributed by atoms with Crippen molar-refractivity contribution < 1.29 is 45.8 Å². The molecule has 1 aliphatic rings. The minimum Gasteiger partial charge on any atom is -0.469 e. The highest BCUT2D eigenvalue weighted by Gasteiger charge is 2.43. The minimum atomic E-state index is -5.12. The standard InChI is InChI=1S/C27H28F5N5O5/c1-25(6-8-26(2,9-7-25)24(40)41-3)14-34-23(39)19-11-18(36-21-17(29)13-35-37(19)21)22(38)33-12-15-4-5-16(28)20(10-15)42-27(30,31)32/h4-5,10-11,13H,6-9,12,14H2,1-3H3,(H,33,38)(H,34,39). The number of esters is 1. The van der Waals surface area contributed by atoms with Crippen LogP contribution in [0.3, 0.4) is 0 Å². The highest BCUT2D eigenvalue weighted by molar-refractivity contribution is 5.98. The summed E-state index contributed by atoms with van der Waals surface area (Å²) in [7, 11) is 1.34. The van der Waals surface area contributed by atoms with Crippen molar-refractivity contribution >= 4 is 23.4 Å². The van der Waals surface area contributed by atoms with E-state index >= 15 is 0 Å². The number of carbonyl (C=O) groups excluding carboxylic acids is 3. The summed E-state index contributed by atoms with van der Waals surface area (Å²) in [6, 6.07) is 3.77. The average Bonchev–Trinajstić information content (AvgIpc) is 3.32. The Bertz CT molecular complexity index is 1510. The summed E-state index contributed by atoms with van der Waals surface area (Å²) in [5, 5.41) is 9.03. The van der Waals surface area contributed by atoms with Crippen LogP contribution in [0.25, 0.3) is 5.65 Å². The van der Waals surface area contributed by atoms with E-state index in [1.54, 1.807) is 0 Å². The van der Waals surface area contributed by atoms with Gasteiger partial charge in [0, 0.05) is 19.2 Å². The predicted molar refractivity (Wildman–Crippen MR) is 136 cm³/mol. The zero-order valence-corrected chi connectivity index (χ0v) is 22.9. The van der Waals surface area contributed by atoms with Crippen molar-refractivity contribution in [3.05, 3.63) is 59.0 Å². The van der Waals surface area contributed by atoms with Gasteiger partial charge in [0.2, 0.25) is 0 Å². The molecule has 1 aromatic carbocycles. The predicted octanol–water partition coefficient (Wildman–Crippen LogP) is 4.33. The number of hydrogen-bond acceptors (Lipinski definition) is 7. The van der Waals surface area contributed by atoms with Crippen LogP contribution in [0.2, 0.25) is 0 Å². The Morgan fingerprint density at radius 3 is 2.33 bits per heavy atom. The Morgan fingerprint density at radius 1 is 1.00 bits per heavy atom. The summed E-state index contributed by atoms with van der Waals surface area (Å²) in [4.78, 5) is 42.1. The van der Waals surface area contributed by atoms with E-state index in [2.05, 4.69) is 25.5 Å². The van der Waals surface area contributed by atoms with Gasteiger partial charge in [-0.15, -0.1) is 13.2 Å². The summed E-state index contributed by atoms with van der Waals surface area (Å²) in [6.07, 6.45) is -1.89. The molecule has 0 bridgehead atoms. The Kier molecular flexibility index (Phi) is 8.41. The van der Waals surface area contributed by atoms with Gasteiger partial charge in [-0.05, 0) is 55.7 Å². The molecule has 15 heteroatoms. The monoisotopic (exact) mass is 597 g/mol. The van der Waals surface area contributed by atoms with Crippen molar-refractivity contribution in [2.24, 2.45) is 10.8 Å². The van der Waals surface area contributed by atoms with Crippen molar-refractivity contribution in [3.8, 4) is 5.75 Å². The fraction of sp³-hybridized carbons (Fsp3) is 0.444. The van der Waals surface area contributed by atoms with Crippen molar-refractivity contribution in [3.63, 3.8) is 0 Å². The highest BCUT2D eigenvalue weighted by Crippen LogP contribution is 2.45. The lowest BCUT2D eigenvalue weighted by molar-refractivity contribution is -0.275. The maximum absolute atomic E-state index is 14.4. The quantitative estimate of drug-likeness (QED) is 0.293. The van der Waals surface area contributed by atoms with Crippen molar-refractivity contribution in [1.82, 2.24) is 25.2 Å². The van der Waals surface area contributed by atoms with Gasteiger partial charge >= 0.3 is 12.3 Å². The molecular formula is C27H28F5N5O5. The molecule has 2 heterocycles. The van der Waals surface area contributed by atoms with E-state index in [1.165, 1.54) is 7.11 Å². The summed E-state index contributed by atoms with van der Waals surface area (Å²) in [5.74, 6) is -5.04. The van der Waals surface area contributed by atoms with Gasteiger partial charge < -0.3 is 20.1 Å². The van der Waals surface area contributed by atoms with E-state index < -0.39 is 46.6 Å². The lowest BCUT2D eigenvalue weighted by Gasteiger charge is -2.41. The highest BCUT2D eigenvalue weighted by atomic mass is 19.4. The van der Waals surface area contributed by atoms with E-state index in [0.717, 1.165) is 35.0 Å². The van der Waals surface area contributed by atoms with Gasteiger partial charge in [-0.2, -0.15) is 5.10 Å². The number of benzene rings is 1. The molecular weight excluding hydrogens is 569 g/mol. The van der Waals surface area contributed by atoms with Crippen molar-refractivity contribution in [1.29, 1.82) is 0 Å². The van der Waals surface area contributed by atoms with Crippen LogP contribution in [0.4, 0.5) is 22.0 Å². The molecule has 0 radical (unpaired) electrons. The van der Waals surface area contributed by atoms with Crippen molar-refractivity contribution in [2.75, 3.05) is 13.7 Å². The lowest BCUT2D eigenvalue weighted by atomic mass is 9.65. The Morgan fingerprint density at radius 2 is 1.69 bits per heavy atom. The molecule has 2 amide bonds. The molecule has 0 spiro atoms. The van der Waals surface area contributed by atoms with Crippen LogP contribution in [0.1, 0.15) is 66.1 Å². The SMILES string of the molecule is COC(=O)C1(C)CCC(C)(CNC(=O)c2cc(C(=O)NCc3ccc(F)c(OC(F)(F)F)c3)nc3c(F)cnn23)CC1. The smallest absolute Gasteiger partial charge is 0.469 e. The molecule has 0 saturated heterocycles. The molecule has 1 saturated carbocycles. The number of alkyl halides is 3. The molecule has 1 fully saturated rings. The maximum atomic E-state index is 14.4. The number of halogens is 5. The Hall–Kier alpha value is -4.30. The maximum Gasteiger partial charge on any atom is 0.573 e. The molecule has 42 heavy (non-hydrogen) atoms. The number of carbonyl (C=O) groups is 3. The third-order valence-electron chi connectivity index (χ3n) is 7.48. The van der Waals surface area contributed by atoms with Crippen LogP contribution in [0.15, 0.2) is 30.5 Å². The topological polar surface area (TPSA) is 124 Å². The first-order valence-electron chi connectivity index (χ1n) is 12.9. The largest absolute Gasteiger partial charge is 0.573 e. The van der Waals surface area contributed by atoms with Crippen molar-refractivity contribution in [2.45, 2.75) is 52.4 Å². The third kappa shape index (κ3) is 6.77. The Balaban J connectivity index is 1.48. The van der Waals surface area contributed by atoms with Crippen LogP contribution >= 0.6 is 0 Å². The zero-order chi connectivity index (χ0) is 30.9.